The summed E-state index contributed by atoms with van der Waals surface area (Å²) in [6, 6.07) is 10.9. The summed E-state index contributed by atoms with van der Waals surface area (Å²) in [4.78, 5) is 6.43. The van der Waals surface area contributed by atoms with E-state index in [0.717, 1.165) is 10.1 Å². The zero-order valence-electron chi connectivity index (χ0n) is 17.5. The molecule has 4 heterocycles. The maximum Gasteiger partial charge on any atom is 0.250 e. The summed E-state index contributed by atoms with van der Waals surface area (Å²) < 4.78 is 39.5. The van der Waals surface area contributed by atoms with Crippen molar-refractivity contribution < 1.29 is 23.1 Å². The minimum atomic E-state index is -2.55. The Hall–Kier alpha value is -2.75. The Balaban J connectivity index is 0.00000259. The van der Waals surface area contributed by atoms with Crippen LogP contribution < -0.4 is 10.1 Å². The number of likely N-dealkylation sites (tertiary alicyclic amines) is 1. The number of ether oxygens (including phenoxy) is 1. The molecule has 1 aliphatic rings. The molecule has 1 aromatic carbocycles. The second-order valence-corrected chi connectivity index (χ2v) is 8.78. The first kappa shape index (κ1) is 23.4. The lowest BCUT2D eigenvalue weighted by atomic mass is 10.1. The van der Waals surface area contributed by atoms with Crippen LogP contribution in [0.2, 0.25) is 0 Å². The highest BCUT2D eigenvalue weighted by atomic mass is 35.5. The van der Waals surface area contributed by atoms with Crippen molar-refractivity contribution in [1.82, 2.24) is 9.88 Å². The SMILES string of the molecule is Cl.ON=c1cc(-c2cc3sccc3cn2)oc2ccc(OCCN3CCC(F)(F)CC3)cc12. The number of aromatic nitrogens is 1. The highest BCUT2D eigenvalue weighted by Crippen LogP contribution is 2.29. The van der Waals surface area contributed by atoms with Gasteiger partial charge in [-0.2, -0.15) is 0 Å². The lowest BCUT2D eigenvalue weighted by Crippen LogP contribution is -2.41. The number of hydrogen-bond donors (Lipinski definition) is 1. The van der Waals surface area contributed by atoms with Crippen molar-refractivity contribution in [2.24, 2.45) is 5.16 Å². The number of alkyl halides is 2. The number of hydrogen-bond acceptors (Lipinski definition) is 7. The normalized spacial score (nSPS) is 16.7. The molecule has 0 unspecified atom stereocenters. The maximum absolute atomic E-state index is 13.3. The third kappa shape index (κ3) is 5.10. The molecule has 33 heavy (non-hydrogen) atoms. The molecule has 0 spiro atoms. The van der Waals surface area contributed by atoms with E-state index in [9.17, 15) is 14.0 Å². The third-order valence-corrected chi connectivity index (χ3v) is 6.56. The van der Waals surface area contributed by atoms with E-state index in [4.69, 9.17) is 9.15 Å². The van der Waals surface area contributed by atoms with Gasteiger partial charge in [-0.1, -0.05) is 5.16 Å². The molecule has 0 saturated carbocycles. The second kappa shape index (κ2) is 9.62. The minimum absolute atomic E-state index is 0. The number of benzene rings is 1. The van der Waals surface area contributed by atoms with Gasteiger partial charge in [0, 0.05) is 54.8 Å². The molecule has 0 aliphatic carbocycles. The highest BCUT2D eigenvalue weighted by Gasteiger charge is 2.33. The monoisotopic (exact) mass is 493 g/mol. The van der Waals surface area contributed by atoms with E-state index in [1.54, 1.807) is 41.8 Å². The third-order valence-electron chi connectivity index (χ3n) is 5.68. The summed E-state index contributed by atoms with van der Waals surface area (Å²) in [7, 11) is 0. The van der Waals surface area contributed by atoms with E-state index >= 15 is 0 Å². The average molecular weight is 494 g/mol. The van der Waals surface area contributed by atoms with E-state index in [1.807, 2.05) is 22.4 Å². The molecule has 0 atom stereocenters. The van der Waals surface area contributed by atoms with Crippen molar-refractivity contribution in [2.45, 2.75) is 18.8 Å². The lowest BCUT2D eigenvalue weighted by Gasteiger charge is -2.31. The minimum Gasteiger partial charge on any atom is -0.492 e. The summed E-state index contributed by atoms with van der Waals surface area (Å²) >= 11 is 1.62. The van der Waals surface area contributed by atoms with Crippen LogP contribution >= 0.6 is 23.7 Å². The summed E-state index contributed by atoms with van der Waals surface area (Å²) in [6.45, 7) is 1.69. The van der Waals surface area contributed by atoms with Crippen LogP contribution in [0.15, 0.2) is 57.5 Å². The molecule has 0 bridgehead atoms. The van der Waals surface area contributed by atoms with Crippen LogP contribution in [0.3, 0.4) is 0 Å². The summed E-state index contributed by atoms with van der Waals surface area (Å²) in [5, 5.41) is 17.0. The molecule has 0 amide bonds. The Bertz CT molecular complexity index is 1330. The van der Waals surface area contributed by atoms with Crippen molar-refractivity contribution in [3.05, 3.63) is 53.3 Å². The fourth-order valence-electron chi connectivity index (χ4n) is 3.83. The van der Waals surface area contributed by atoms with Crippen molar-refractivity contribution >= 4 is 44.8 Å². The van der Waals surface area contributed by atoms with E-state index in [2.05, 4.69) is 10.1 Å². The van der Waals surface area contributed by atoms with Crippen LogP contribution in [-0.2, 0) is 0 Å². The molecule has 1 fully saturated rings. The summed E-state index contributed by atoms with van der Waals surface area (Å²) in [5.74, 6) is -1.46. The molecule has 4 aromatic rings. The van der Waals surface area contributed by atoms with Gasteiger partial charge in [0.15, 0.2) is 5.76 Å². The predicted molar refractivity (Wildman–Crippen MR) is 126 cm³/mol. The van der Waals surface area contributed by atoms with Gasteiger partial charge in [0.25, 0.3) is 5.92 Å². The van der Waals surface area contributed by atoms with Gasteiger partial charge in [-0.05, 0) is 35.7 Å². The van der Waals surface area contributed by atoms with Crippen molar-refractivity contribution in [3.63, 3.8) is 0 Å². The Kier molecular flexibility index (Phi) is 6.83. The number of pyridine rings is 1. The van der Waals surface area contributed by atoms with Gasteiger partial charge in [0.2, 0.25) is 0 Å². The van der Waals surface area contributed by atoms with Crippen LogP contribution in [0.25, 0.3) is 32.5 Å². The second-order valence-electron chi connectivity index (χ2n) is 7.83. The predicted octanol–water partition coefficient (Wildman–Crippen LogP) is 5.53. The molecule has 1 saturated heterocycles. The topological polar surface area (TPSA) is 71.1 Å². The number of halogens is 3. The first-order chi connectivity index (χ1) is 15.5. The van der Waals surface area contributed by atoms with Crippen molar-refractivity contribution in [1.29, 1.82) is 0 Å². The van der Waals surface area contributed by atoms with E-state index in [-0.39, 0.29) is 25.2 Å². The van der Waals surface area contributed by atoms with E-state index in [0.29, 0.717) is 59.8 Å². The molecular weight excluding hydrogens is 472 g/mol. The highest BCUT2D eigenvalue weighted by molar-refractivity contribution is 7.17. The average Bonchev–Trinajstić information content (AvgIpc) is 3.27. The first-order valence-corrected chi connectivity index (χ1v) is 11.2. The number of piperidine rings is 1. The van der Waals surface area contributed by atoms with Gasteiger partial charge in [-0.3, -0.25) is 9.88 Å². The molecule has 1 aliphatic heterocycles. The van der Waals surface area contributed by atoms with Gasteiger partial charge in [-0.15, -0.1) is 23.7 Å². The quantitative estimate of drug-likeness (QED) is 0.292. The van der Waals surface area contributed by atoms with Gasteiger partial charge in [0.1, 0.15) is 29.0 Å². The Morgan fingerprint density at radius 2 is 2.00 bits per heavy atom. The summed E-state index contributed by atoms with van der Waals surface area (Å²) in [5.41, 5.74) is 1.19. The fraction of sp³-hybridized carbons (Fsp3) is 0.304. The Labute approximate surface area is 198 Å². The van der Waals surface area contributed by atoms with Crippen molar-refractivity contribution in [2.75, 3.05) is 26.2 Å². The number of fused-ring (bicyclic) bond motifs is 2. The van der Waals surface area contributed by atoms with Gasteiger partial charge < -0.3 is 14.4 Å². The largest absolute Gasteiger partial charge is 0.492 e. The Morgan fingerprint density at radius 3 is 2.79 bits per heavy atom. The zero-order chi connectivity index (χ0) is 22.1. The molecule has 174 valence electrons. The fourth-order valence-corrected chi connectivity index (χ4v) is 4.63. The van der Waals surface area contributed by atoms with Crippen LogP contribution in [-0.4, -0.2) is 47.3 Å². The summed E-state index contributed by atoms with van der Waals surface area (Å²) in [6.07, 6.45) is 1.57. The van der Waals surface area contributed by atoms with Crippen LogP contribution in [0.4, 0.5) is 8.78 Å². The number of nitrogens with zero attached hydrogens (tertiary/aromatic N) is 3. The number of thiophene rings is 1. The zero-order valence-corrected chi connectivity index (χ0v) is 19.2. The van der Waals surface area contributed by atoms with Gasteiger partial charge in [0.05, 0.1) is 5.39 Å². The van der Waals surface area contributed by atoms with Crippen LogP contribution in [0, 0.1) is 0 Å². The molecule has 6 nitrogen and oxygen atoms in total. The van der Waals surface area contributed by atoms with E-state index in [1.165, 1.54) is 0 Å². The van der Waals surface area contributed by atoms with Gasteiger partial charge >= 0.3 is 0 Å². The maximum atomic E-state index is 13.3. The Morgan fingerprint density at radius 1 is 1.18 bits per heavy atom. The molecular formula is C23H22ClF2N3O3S. The molecule has 10 heteroatoms. The molecule has 5 rings (SSSR count). The molecule has 0 radical (unpaired) electrons. The van der Waals surface area contributed by atoms with Crippen molar-refractivity contribution in [3.8, 4) is 17.2 Å². The lowest BCUT2D eigenvalue weighted by molar-refractivity contribution is -0.0564. The number of rotatable bonds is 5. The molecule has 1 N–H and O–H groups in total. The van der Waals surface area contributed by atoms with Gasteiger partial charge in [-0.25, -0.2) is 8.78 Å². The van der Waals surface area contributed by atoms with Crippen LogP contribution in [0.5, 0.6) is 5.75 Å². The standard InChI is InChI=1S/C23H21F2N3O3S.ClH/c24-23(25)4-6-28(7-5-23)8-9-30-16-1-2-20-17(11-16)18(27-29)12-21(31-20)19-13-22-15(14-26-19)3-10-32-22;/h1-3,10-14,29H,4-9H2;1H. The van der Waals surface area contributed by atoms with Crippen LogP contribution in [0.1, 0.15) is 12.8 Å². The first-order valence-electron chi connectivity index (χ1n) is 10.3. The smallest absolute Gasteiger partial charge is 0.250 e. The molecule has 3 aromatic heterocycles. The van der Waals surface area contributed by atoms with E-state index < -0.39 is 5.92 Å².